The zero-order valence-corrected chi connectivity index (χ0v) is 11.4. The first-order valence-electron chi connectivity index (χ1n) is 6.21. The van der Waals surface area contributed by atoms with Gasteiger partial charge in [-0.05, 0) is 38.5 Å². The molecule has 0 aromatic rings. The van der Waals surface area contributed by atoms with E-state index in [1.807, 2.05) is 0 Å². The van der Waals surface area contributed by atoms with Crippen molar-refractivity contribution >= 4 is 0 Å². The highest BCUT2D eigenvalue weighted by Crippen LogP contribution is 2.37. The Morgan fingerprint density at radius 2 is 2.00 bits per heavy atom. The summed E-state index contributed by atoms with van der Waals surface area (Å²) in [4.78, 5) is 0. The second kappa shape index (κ2) is 5.03. The fraction of sp³-hybridized carbons (Fsp3) is 1.00. The number of nitrogens with two attached hydrogens (primary N) is 1. The van der Waals surface area contributed by atoms with Crippen LogP contribution in [0.3, 0.4) is 0 Å². The molecule has 0 spiro atoms. The number of hydrogen-bond acceptors (Lipinski definition) is 3. The Morgan fingerprint density at radius 1 is 1.38 bits per heavy atom. The van der Waals surface area contributed by atoms with Crippen molar-refractivity contribution in [2.45, 2.75) is 64.7 Å². The van der Waals surface area contributed by atoms with Gasteiger partial charge in [-0.25, -0.2) is 0 Å². The molecule has 1 saturated carbocycles. The first-order chi connectivity index (χ1) is 7.28. The van der Waals surface area contributed by atoms with Crippen LogP contribution in [0.4, 0.5) is 0 Å². The average Bonchev–Trinajstić information content (AvgIpc) is 2.45. The lowest BCUT2D eigenvalue weighted by molar-refractivity contribution is -0.0307. The molecule has 1 aliphatic rings. The zero-order chi connectivity index (χ0) is 12.4. The SMILES string of the molecule is COC(C)(C)CCOC1CCC(C)(C)C1N. The molecule has 2 atom stereocenters. The summed E-state index contributed by atoms with van der Waals surface area (Å²) in [6.45, 7) is 9.33. The van der Waals surface area contributed by atoms with Gasteiger partial charge in [0.25, 0.3) is 0 Å². The summed E-state index contributed by atoms with van der Waals surface area (Å²) in [6, 6.07) is 0.165. The van der Waals surface area contributed by atoms with Gasteiger partial charge in [0.05, 0.1) is 11.7 Å². The second-order valence-electron chi connectivity index (χ2n) is 6.18. The third kappa shape index (κ3) is 3.44. The summed E-state index contributed by atoms with van der Waals surface area (Å²) in [5.41, 5.74) is 6.31. The molecular formula is C13H27NO2. The van der Waals surface area contributed by atoms with Crippen LogP contribution in [0.5, 0.6) is 0 Å². The van der Waals surface area contributed by atoms with Gasteiger partial charge >= 0.3 is 0 Å². The van der Waals surface area contributed by atoms with Crippen LogP contribution in [-0.4, -0.2) is 31.5 Å². The van der Waals surface area contributed by atoms with Crippen molar-refractivity contribution < 1.29 is 9.47 Å². The molecule has 0 heterocycles. The maximum atomic E-state index is 6.18. The van der Waals surface area contributed by atoms with E-state index in [1.54, 1.807) is 7.11 Å². The van der Waals surface area contributed by atoms with Crippen LogP contribution in [0.2, 0.25) is 0 Å². The summed E-state index contributed by atoms with van der Waals surface area (Å²) in [5, 5.41) is 0. The van der Waals surface area contributed by atoms with Gasteiger partial charge in [0.15, 0.2) is 0 Å². The van der Waals surface area contributed by atoms with Crippen molar-refractivity contribution in [3.8, 4) is 0 Å². The normalized spacial score (nSPS) is 29.6. The first kappa shape index (κ1) is 13.9. The number of methoxy groups -OCH3 is 1. The number of hydrogen-bond donors (Lipinski definition) is 1. The molecule has 2 N–H and O–H groups in total. The third-order valence-electron chi connectivity index (χ3n) is 3.96. The Labute approximate surface area is 99.7 Å². The lowest BCUT2D eigenvalue weighted by atomic mass is 9.88. The van der Waals surface area contributed by atoms with E-state index in [0.717, 1.165) is 25.9 Å². The smallest absolute Gasteiger partial charge is 0.0731 e. The number of ether oxygens (including phenoxy) is 2. The van der Waals surface area contributed by atoms with Gasteiger partial charge in [-0.3, -0.25) is 0 Å². The maximum Gasteiger partial charge on any atom is 0.0731 e. The minimum atomic E-state index is -0.0990. The molecule has 2 unspecified atom stereocenters. The summed E-state index contributed by atoms with van der Waals surface area (Å²) < 4.78 is 11.2. The molecule has 16 heavy (non-hydrogen) atoms. The van der Waals surface area contributed by atoms with Gasteiger partial charge in [0.2, 0.25) is 0 Å². The van der Waals surface area contributed by atoms with Crippen LogP contribution >= 0.6 is 0 Å². The summed E-state index contributed by atoms with van der Waals surface area (Å²) in [7, 11) is 1.74. The Balaban J connectivity index is 2.30. The molecule has 1 rings (SSSR count). The molecule has 3 heteroatoms. The molecule has 96 valence electrons. The van der Waals surface area contributed by atoms with Crippen molar-refractivity contribution in [2.75, 3.05) is 13.7 Å². The first-order valence-corrected chi connectivity index (χ1v) is 6.21. The van der Waals surface area contributed by atoms with E-state index in [2.05, 4.69) is 27.7 Å². The second-order valence-corrected chi connectivity index (χ2v) is 6.18. The van der Waals surface area contributed by atoms with E-state index in [4.69, 9.17) is 15.2 Å². The highest BCUT2D eigenvalue weighted by molar-refractivity contribution is 4.95. The molecule has 0 aliphatic heterocycles. The monoisotopic (exact) mass is 229 g/mol. The summed E-state index contributed by atoms with van der Waals surface area (Å²) in [6.07, 6.45) is 3.38. The molecule has 1 fully saturated rings. The Morgan fingerprint density at radius 3 is 2.44 bits per heavy atom. The highest BCUT2D eigenvalue weighted by Gasteiger charge is 2.40. The van der Waals surface area contributed by atoms with E-state index in [9.17, 15) is 0 Å². The molecule has 0 bridgehead atoms. The fourth-order valence-electron chi connectivity index (χ4n) is 2.11. The van der Waals surface area contributed by atoms with Crippen LogP contribution in [-0.2, 0) is 9.47 Å². The molecule has 1 aliphatic carbocycles. The van der Waals surface area contributed by atoms with E-state index < -0.39 is 0 Å². The van der Waals surface area contributed by atoms with Crippen molar-refractivity contribution in [3.05, 3.63) is 0 Å². The fourth-order valence-corrected chi connectivity index (χ4v) is 2.11. The van der Waals surface area contributed by atoms with Crippen LogP contribution in [0.1, 0.15) is 47.0 Å². The van der Waals surface area contributed by atoms with Crippen LogP contribution in [0, 0.1) is 5.41 Å². The van der Waals surface area contributed by atoms with Gasteiger partial charge in [-0.2, -0.15) is 0 Å². The van der Waals surface area contributed by atoms with Gasteiger partial charge in [-0.1, -0.05) is 13.8 Å². The largest absolute Gasteiger partial charge is 0.379 e. The van der Waals surface area contributed by atoms with E-state index >= 15 is 0 Å². The van der Waals surface area contributed by atoms with Crippen molar-refractivity contribution in [3.63, 3.8) is 0 Å². The van der Waals surface area contributed by atoms with Crippen molar-refractivity contribution in [1.29, 1.82) is 0 Å². The van der Waals surface area contributed by atoms with Crippen molar-refractivity contribution in [1.82, 2.24) is 0 Å². The standard InChI is InChI=1S/C13H27NO2/c1-12(2)7-6-10(11(12)14)16-9-8-13(3,4)15-5/h10-11H,6-9,14H2,1-5H3. The minimum absolute atomic E-state index is 0.0990. The predicted octanol–water partition coefficient (Wildman–Crippen LogP) is 2.33. The highest BCUT2D eigenvalue weighted by atomic mass is 16.5. The molecular weight excluding hydrogens is 202 g/mol. The lowest BCUT2D eigenvalue weighted by Gasteiger charge is -2.28. The van der Waals surface area contributed by atoms with E-state index in [-0.39, 0.29) is 23.2 Å². The predicted molar refractivity (Wildman–Crippen MR) is 66.4 cm³/mol. The average molecular weight is 229 g/mol. The topological polar surface area (TPSA) is 44.5 Å². The van der Waals surface area contributed by atoms with Gasteiger partial charge < -0.3 is 15.2 Å². The van der Waals surface area contributed by atoms with Gasteiger partial charge in [0, 0.05) is 19.8 Å². The molecule has 3 nitrogen and oxygen atoms in total. The van der Waals surface area contributed by atoms with E-state index in [1.165, 1.54) is 0 Å². The Kier molecular flexibility index (Phi) is 4.38. The quantitative estimate of drug-likeness (QED) is 0.787. The zero-order valence-electron chi connectivity index (χ0n) is 11.4. The van der Waals surface area contributed by atoms with Crippen LogP contribution < -0.4 is 5.73 Å². The van der Waals surface area contributed by atoms with E-state index in [0.29, 0.717) is 0 Å². The third-order valence-corrected chi connectivity index (χ3v) is 3.96. The molecule has 0 aromatic heterocycles. The molecule has 0 aromatic carbocycles. The Hall–Kier alpha value is -0.120. The van der Waals surface area contributed by atoms with Crippen LogP contribution in [0.25, 0.3) is 0 Å². The Bertz CT molecular complexity index is 226. The van der Waals surface area contributed by atoms with Crippen LogP contribution in [0.15, 0.2) is 0 Å². The van der Waals surface area contributed by atoms with Crippen molar-refractivity contribution in [2.24, 2.45) is 11.1 Å². The molecule has 0 saturated heterocycles. The molecule has 0 radical (unpaired) electrons. The maximum absolute atomic E-state index is 6.18. The summed E-state index contributed by atoms with van der Waals surface area (Å²) in [5.74, 6) is 0. The summed E-state index contributed by atoms with van der Waals surface area (Å²) >= 11 is 0. The number of rotatable bonds is 5. The lowest BCUT2D eigenvalue weighted by Crippen LogP contribution is -2.41. The minimum Gasteiger partial charge on any atom is -0.379 e. The van der Waals surface area contributed by atoms with Gasteiger partial charge in [0.1, 0.15) is 0 Å². The van der Waals surface area contributed by atoms with Gasteiger partial charge in [-0.15, -0.1) is 0 Å². The molecule has 0 amide bonds.